The van der Waals surface area contributed by atoms with E-state index in [0.717, 1.165) is 36.5 Å². The smallest absolute Gasteiger partial charge is 0.128 e. The lowest BCUT2D eigenvalue weighted by molar-refractivity contribution is -0.0263. The molecule has 130 valence electrons. The van der Waals surface area contributed by atoms with Crippen molar-refractivity contribution < 1.29 is 9.84 Å². The fraction of sp³-hybridized carbons (Fsp3) is 0.500. The summed E-state index contributed by atoms with van der Waals surface area (Å²) in [5.41, 5.74) is -0.0318. The molecule has 5 nitrogen and oxygen atoms in total. The van der Waals surface area contributed by atoms with Gasteiger partial charge < -0.3 is 14.4 Å². The molecule has 3 rings (SSSR count). The highest BCUT2D eigenvalue weighted by Crippen LogP contribution is 2.36. The van der Waals surface area contributed by atoms with Crippen molar-refractivity contribution in [1.82, 2.24) is 14.5 Å². The Morgan fingerprint density at radius 3 is 2.67 bits per heavy atom. The first-order valence-corrected chi connectivity index (χ1v) is 8.58. The Hall–Kier alpha value is -1.56. The number of nitrogens with zero attached hydrogens (tertiary/aromatic N) is 3. The Kier molecular flexibility index (Phi) is 4.85. The molecular formula is C18H24ClN3O2. The van der Waals surface area contributed by atoms with Gasteiger partial charge in [-0.1, -0.05) is 23.7 Å². The normalized spacial score (nSPS) is 21.0. The monoisotopic (exact) mass is 349 g/mol. The summed E-state index contributed by atoms with van der Waals surface area (Å²) in [5, 5.41) is 11.9. The fourth-order valence-electron chi connectivity index (χ4n) is 3.53. The van der Waals surface area contributed by atoms with Gasteiger partial charge in [-0.05, 0) is 44.0 Å². The van der Waals surface area contributed by atoms with Crippen LogP contribution in [-0.2, 0) is 19.2 Å². The van der Waals surface area contributed by atoms with Crippen LogP contribution in [0.5, 0.6) is 5.75 Å². The number of methoxy groups -OCH3 is 1. The van der Waals surface area contributed by atoms with Gasteiger partial charge in [0.2, 0.25) is 0 Å². The summed E-state index contributed by atoms with van der Waals surface area (Å²) in [4.78, 5) is 6.68. The second kappa shape index (κ2) is 6.75. The first kappa shape index (κ1) is 17.3. The molecule has 0 bridgehead atoms. The number of rotatable bonds is 5. The molecule has 0 saturated carbocycles. The number of ether oxygens (including phenoxy) is 1. The molecule has 0 unspecified atom stereocenters. The Morgan fingerprint density at radius 1 is 1.38 bits per heavy atom. The molecular weight excluding hydrogens is 326 g/mol. The van der Waals surface area contributed by atoms with E-state index >= 15 is 0 Å². The van der Waals surface area contributed by atoms with Crippen molar-refractivity contribution in [1.29, 1.82) is 0 Å². The predicted octanol–water partition coefficient (Wildman–Crippen LogP) is 2.95. The largest absolute Gasteiger partial charge is 0.497 e. The van der Waals surface area contributed by atoms with E-state index in [9.17, 15) is 5.11 Å². The maximum atomic E-state index is 11.2. The van der Waals surface area contributed by atoms with E-state index in [-0.39, 0.29) is 6.04 Å². The van der Waals surface area contributed by atoms with E-state index in [1.54, 1.807) is 13.3 Å². The predicted molar refractivity (Wildman–Crippen MR) is 94.2 cm³/mol. The second-order valence-electron chi connectivity index (χ2n) is 6.56. The Balaban J connectivity index is 1.81. The average molecular weight is 350 g/mol. The van der Waals surface area contributed by atoms with Crippen LogP contribution in [0.3, 0.4) is 0 Å². The summed E-state index contributed by atoms with van der Waals surface area (Å²) < 4.78 is 7.10. The van der Waals surface area contributed by atoms with Gasteiger partial charge in [-0.25, -0.2) is 4.98 Å². The van der Waals surface area contributed by atoms with Gasteiger partial charge in [-0.15, -0.1) is 0 Å². The first-order valence-electron chi connectivity index (χ1n) is 8.20. The second-order valence-corrected chi connectivity index (χ2v) is 6.95. The Morgan fingerprint density at radius 2 is 2.08 bits per heavy atom. The molecule has 1 saturated heterocycles. The van der Waals surface area contributed by atoms with Gasteiger partial charge in [-0.2, -0.15) is 0 Å². The van der Waals surface area contributed by atoms with Gasteiger partial charge in [0, 0.05) is 13.1 Å². The minimum absolute atomic E-state index is 0.0429. The van der Waals surface area contributed by atoms with Crippen LogP contribution >= 0.6 is 11.6 Å². The van der Waals surface area contributed by atoms with Crippen LogP contribution in [0.15, 0.2) is 30.5 Å². The number of likely N-dealkylation sites (tertiary alicyclic amines) is 1. The minimum Gasteiger partial charge on any atom is -0.497 e. The van der Waals surface area contributed by atoms with Crippen molar-refractivity contribution in [2.24, 2.45) is 7.05 Å². The molecule has 0 aliphatic carbocycles. The number of imidazole rings is 1. The van der Waals surface area contributed by atoms with Crippen molar-refractivity contribution >= 4 is 11.6 Å². The highest BCUT2D eigenvalue weighted by molar-refractivity contribution is 6.29. The highest BCUT2D eigenvalue weighted by atomic mass is 35.5. The zero-order chi connectivity index (χ0) is 17.3. The SMILES string of the molecule is COc1ccc([C@](C)(O)[C@H]2CCCN2Cc2ncc(Cl)n2C)cc1. The van der Waals surface area contributed by atoms with E-state index in [2.05, 4.69) is 9.88 Å². The summed E-state index contributed by atoms with van der Waals surface area (Å²) in [5.74, 6) is 1.71. The number of aliphatic hydroxyl groups is 1. The summed E-state index contributed by atoms with van der Waals surface area (Å²) in [6.07, 6.45) is 3.69. The molecule has 1 aliphatic heterocycles. The van der Waals surface area contributed by atoms with Gasteiger partial charge in [0.25, 0.3) is 0 Å². The Bertz CT molecular complexity index is 697. The molecule has 1 N–H and O–H groups in total. The topological polar surface area (TPSA) is 50.5 Å². The summed E-state index contributed by atoms with van der Waals surface area (Å²) in [6, 6.07) is 7.70. The molecule has 0 spiro atoms. The van der Waals surface area contributed by atoms with Gasteiger partial charge in [-0.3, -0.25) is 4.90 Å². The number of hydrogen-bond acceptors (Lipinski definition) is 4. The molecule has 1 aliphatic rings. The lowest BCUT2D eigenvalue weighted by Crippen LogP contribution is -2.45. The van der Waals surface area contributed by atoms with Gasteiger partial charge in [0.05, 0.1) is 19.9 Å². The molecule has 2 aromatic rings. The molecule has 2 atom stereocenters. The molecule has 2 heterocycles. The number of hydrogen-bond donors (Lipinski definition) is 1. The third-order valence-corrected chi connectivity index (χ3v) is 5.41. The van der Waals surface area contributed by atoms with Crippen LogP contribution in [0.4, 0.5) is 0 Å². The van der Waals surface area contributed by atoms with Crippen molar-refractivity contribution in [2.75, 3.05) is 13.7 Å². The van der Waals surface area contributed by atoms with E-state index in [1.165, 1.54) is 0 Å². The van der Waals surface area contributed by atoms with Gasteiger partial charge in [0.15, 0.2) is 0 Å². The summed E-state index contributed by atoms with van der Waals surface area (Å²) in [7, 11) is 3.56. The van der Waals surface area contributed by atoms with Gasteiger partial charge >= 0.3 is 0 Å². The van der Waals surface area contributed by atoms with Crippen molar-refractivity contribution in [3.8, 4) is 5.75 Å². The van der Waals surface area contributed by atoms with Crippen LogP contribution in [0.25, 0.3) is 0 Å². The van der Waals surface area contributed by atoms with E-state index in [4.69, 9.17) is 16.3 Å². The molecule has 1 fully saturated rings. The summed E-state index contributed by atoms with van der Waals surface area (Å²) >= 11 is 6.09. The maximum absolute atomic E-state index is 11.2. The third-order valence-electron chi connectivity index (χ3n) is 5.06. The van der Waals surface area contributed by atoms with E-state index in [1.807, 2.05) is 42.8 Å². The van der Waals surface area contributed by atoms with E-state index < -0.39 is 5.60 Å². The third kappa shape index (κ3) is 3.16. The zero-order valence-electron chi connectivity index (χ0n) is 14.4. The molecule has 1 aromatic carbocycles. The lowest BCUT2D eigenvalue weighted by atomic mass is 9.86. The molecule has 24 heavy (non-hydrogen) atoms. The summed E-state index contributed by atoms with van der Waals surface area (Å²) in [6.45, 7) is 3.52. The van der Waals surface area contributed by atoms with Crippen LogP contribution in [-0.4, -0.2) is 39.3 Å². The molecule has 1 aromatic heterocycles. The molecule has 0 radical (unpaired) electrons. The quantitative estimate of drug-likeness (QED) is 0.901. The van der Waals surface area contributed by atoms with Crippen LogP contribution < -0.4 is 4.74 Å². The molecule has 0 amide bonds. The lowest BCUT2D eigenvalue weighted by Gasteiger charge is -2.37. The van der Waals surface area contributed by atoms with E-state index in [0.29, 0.717) is 11.7 Å². The van der Waals surface area contributed by atoms with Crippen molar-refractivity contribution in [2.45, 2.75) is 38.0 Å². The number of halogens is 1. The molecule has 6 heteroatoms. The average Bonchev–Trinajstić information content (AvgIpc) is 3.17. The standard InChI is InChI=1S/C18H24ClN3O2/c1-18(23,13-6-8-14(24-3)9-7-13)15-5-4-10-22(15)12-17-20-11-16(19)21(17)2/h6-9,11,15,23H,4-5,10,12H2,1-3H3/t15-,18+/m1/s1. The number of aromatic nitrogens is 2. The van der Waals surface area contributed by atoms with Gasteiger partial charge in [0.1, 0.15) is 22.3 Å². The number of benzene rings is 1. The van der Waals surface area contributed by atoms with Crippen LogP contribution in [0.1, 0.15) is 31.2 Å². The highest BCUT2D eigenvalue weighted by Gasteiger charge is 2.40. The fourth-order valence-corrected chi connectivity index (χ4v) is 3.67. The first-order chi connectivity index (χ1) is 11.4. The zero-order valence-corrected chi connectivity index (χ0v) is 15.1. The van der Waals surface area contributed by atoms with Crippen LogP contribution in [0, 0.1) is 0 Å². The van der Waals surface area contributed by atoms with Crippen LogP contribution in [0.2, 0.25) is 5.15 Å². The maximum Gasteiger partial charge on any atom is 0.128 e. The Labute approximate surface area is 147 Å². The minimum atomic E-state index is -0.933. The van der Waals surface area contributed by atoms with Crippen molar-refractivity contribution in [3.63, 3.8) is 0 Å². The van der Waals surface area contributed by atoms with Crippen molar-refractivity contribution in [3.05, 3.63) is 47.0 Å².